The van der Waals surface area contributed by atoms with Gasteiger partial charge >= 0.3 is 6.03 Å². The Balaban J connectivity index is 1.16. The van der Waals surface area contributed by atoms with Crippen LogP contribution in [0.5, 0.6) is 10.9 Å². The number of ether oxygens (including phenoxy) is 2. The van der Waals surface area contributed by atoms with Crippen LogP contribution in [0, 0.1) is 0 Å². The molecular formula is C24H34N4O3S. The summed E-state index contributed by atoms with van der Waals surface area (Å²) in [6, 6.07) is 8.19. The first-order chi connectivity index (χ1) is 15.7. The van der Waals surface area contributed by atoms with E-state index >= 15 is 0 Å². The standard InChI is InChI=1S/C24H34N4O3S/c1-2-3-17-30-21-6-4-19(5-7-21)26-23(29)28-13-8-20(9-14-28)27-15-10-22(11-16-27)31-24-25-12-18-32-24/h4-7,12,18,20,22H,2-3,8-11,13-17H2,1H3,(H,26,29). The molecular weight excluding hydrogens is 424 g/mol. The van der Waals surface area contributed by atoms with Crippen LogP contribution in [0.4, 0.5) is 10.5 Å². The topological polar surface area (TPSA) is 66.9 Å². The van der Waals surface area contributed by atoms with Crippen molar-refractivity contribution >= 4 is 23.1 Å². The van der Waals surface area contributed by atoms with Crippen LogP contribution in [0.3, 0.4) is 0 Å². The van der Waals surface area contributed by atoms with Crippen molar-refractivity contribution in [2.45, 2.75) is 57.6 Å². The number of benzene rings is 1. The summed E-state index contributed by atoms with van der Waals surface area (Å²) in [6.45, 7) is 6.58. The Morgan fingerprint density at radius 2 is 1.88 bits per heavy atom. The van der Waals surface area contributed by atoms with Gasteiger partial charge in [0.1, 0.15) is 11.9 Å². The number of nitrogens with one attached hydrogen (secondary N) is 1. The molecule has 2 saturated heterocycles. The number of aromatic nitrogens is 1. The Hall–Kier alpha value is -2.32. The molecule has 0 aliphatic carbocycles. The molecule has 1 aromatic heterocycles. The van der Waals surface area contributed by atoms with E-state index in [1.54, 1.807) is 17.5 Å². The Morgan fingerprint density at radius 1 is 1.12 bits per heavy atom. The van der Waals surface area contributed by atoms with E-state index in [0.717, 1.165) is 87.9 Å². The summed E-state index contributed by atoms with van der Waals surface area (Å²) < 4.78 is 11.7. The van der Waals surface area contributed by atoms with Gasteiger partial charge in [-0.25, -0.2) is 9.78 Å². The van der Waals surface area contributed by atoms with Gasteiger partial charge in [0.25, 0.3) is 5.19 Å². The third-order valence-corrected chi connectivity index (χ3v) is 6.96. The average molecular weight is 459 g/mol. The molecule has 0 spiro atoms. The zero-order chi connectivity index (χ0) is 22.2. The molecule has 4 rings (SSSR count). The Morgan fingerprint density at radius 3 is 2.53 bits per heavy atom. The van der Waals surface area contributed by atoms with Gasteiger partial charge in [-0.1, -0.05) is 24.7 Å². The molecule has 7 nitrogen and oxygen atoms in total. The first-order valence-corrected chi connectivity index (χ1v) is 12.7. The summed E-state index contributed by atoms with van der Waals surface area (Å²) in [6.07, 6.45) is 8.35. The van der Waals surface area contributed by atoms with Crippen molar-refractivity contribution in [1.82, 2.24) is 14.8 Å². The number of hydrogen-bond acceptors (Lipinski definition) is 6. The Labute approximate surface area is 194 Å². The lowest BCUT2D eigenvalue weighted by atomic mass is 9.99. The summed E-state index contributed by atoms with van der Waals surface area (Å²) >= 11 is 1.56. The zero-order valence-corrected chi connectivity index (χ0v) is 19.7. The highest BCUT2D eigenvalue weighted by molar-refractivity contribution is 7.11. The summed E-state index contributed by atoms with van der Waals surface area (Å²) in [7, 11) is 0. The number of amides is 2. The number of piperidine rings is 2. The van der Waals surface area contributed by atoms with Crippen LogP contribution in [0.2, 0.25) is 0 Å². The quantitative estimate of drug-likeness (QED) is 0.572. The maximum atomic E-state index is 12.7. The fraction of sp³-hybridized carbons (Fsp3) is 0.583. The van der Waals surface area contributed by atoms with Crippen LogP contribution >= 0.6 is 11.3 Å². The molecule has 2 aliphatic rings. The minimum Gasteiger partial charge on any atom is -0.494 e. The van der Waals surface area contributed by atoms with E-state index in [9.17, 15) is 4.79 Å². The van der Waals surface area contributed by atoms with Gasteiger partial charge in [0.15, 0.2) is 0 Å². The normalized spacial score (nSPS) is 18.5. The number of hydrogen-bond donors (Lipinski definition) is 1. The van der Waals surface area contributed by atoms with Gasteiger partial charge in [-0.05, 0) is 56.4 Å². The second kappa shape index (κ2) is 11.5. The number of carbonyl (C=O) groups is 1. The fourth-order valence-corrected chi connectivity index (χ4v) is 4.93. The van der Waals surface area contributed by atoms with Gasteiger partial charge in [-0.3, -0.25) is 4.90 Å². The molecule has 0 bridgehead atoms. The van der Waals surface area contributed by atoms with Gasteiger partial charge in [0.05, 0.1) is 6.61 Å². The number of unbranched alkanes of at least 4 members (excludes halogenated alkanes) is 1. The molecule has 2 amide bonds. The summed E-state index contributed by atoms with van der Waals surface area (Å²) in [5.74, 6) is 0.845. The van der Waals surface area contributed by atoms with Gasteiger partial charge in [-0.15, -0.1) is 0 Å². The number of thiazole rings is 1. The van der Waals surface area contributed by atoms with Crippen LogP contribution in [0.15, 0.2) is 35.8 Å². The number of likely N-dealkylation sites (tertiary alicyclic amines) is 2. The zero-order valence-electron chi connectivity index (χ0n) is 18.9. The van der Waals surface area contributed by atoms with Crippen molar-refractivity contribution in [3.63, 3.8) is 0 Å². The fourth-order valence-electron chi connectivity index (χ4n) is 4.38. The molecule has 1 N–H and O–H groups in total. The van der Waals surface area contributed by atoms with Crippen LogP contribution in [0.1, 0.15) is 45.4 Å². The Kier molecular flexibility index (Phi) is 8.23. The van der Waals surface area contributed by atoms with Gasteiger partial charge in [-0.2, -0.15) is 0 Å². The minimum atomic E-state index is -0.0151. The second-order valence-electron chi connectivity index (χ2n) is 8.53. The smallest absolute Gasteiger partial charge is 0.321 e. The van der Waals surface area contributed by atoms with Crippen LogP contribution in [-0.2, 0) is 0 Å². The predicted octanol–water partition coefficient (Wildman–Crippen LogP) is 4.86. The van der Waals surface area contributed by atoms with Crippen molar-refractivity contribution in [3.05, 3.63) is 35.8 Å². The molecule has 0 saturated carbocycles. The lowest BCUT2D eigenvalue weighted by Gasteiger charge is -2.41. The molecule has 0 unspecified atom stereocenters. The molecule has 3 heterocycles. The molecule has 174 valence electrons. The number of nitrogens with zero attached hydrogens (tertiary/aromatic N) is 3. The summed E-state index contributed by atoms with van der Waals surface area (Å²) in [5, 5.41) is 5.75. The monoisotopic (exact) mass is 458 g/mol. The lowest BCUT2D eigenvalue weighted by Crippen LogP contribution is -2.50. The summed E-state index contributed by atoms with van der Waals surface area (Å²) in [5.41, 5.74) is 0.808. The van der Waals surface area contributed by atoms with E-state index in [4.69, 9.17) is 9.47 Å². The average Bonchev–Trinajstić information content (AvgIpc) is 3.34. The first-order valence-electron chi connectivity index (χ1n) is 11.8. The van der Waals surface area contributed by atoms with E-state index in [-0.39, 0.29) is 12.1 Å². The van der Waals surface area contributed by atoms with Crippen molar-refractivity contribution < 1.29 is 14.3 Å². The van der Waals surface area contributed by atoms with Crippen LogP contribution < -0.4 is 14.8 Å². The molecule has 32 heavy (non-hydrogen) atoms. The SMILES string of the molecule is CCCCOc1ccc(NC(=O)N2CCC(N3CCC(Oc4nccs4)CC3)CC2)cc1. The van der Waals surface area contributed by atoms with Crippen LogP contribution in [0.25, 0.3) is 0 Å². The first kappa shape index (κ1) is 22.9. The lowest BCUT2D eigenvalue weighted by molar-refractivity contribution is 0.0544. The molecule has 1 aromatic carbocycles. The number of urea groups is 1. The van der Waals surface area contributed by atoms with Crippen LogP contribution in [-0.4, -0.2) is 65.7 Å². The van der Waals surface area contributed by atoms with E-state index in [1.165, 1.54) is 0 Å². The number of rotatable bonds is 8. The highest BCUT2D eigenvalue weighted by Crippen LogP contribution is 2.25. The highest BCUT2D eigenvalue weighted by atomic mass is 32.1. The van der Waals surface area contributed by atoms with Crippen molar-refractivity contribution in [1.29, 1.82) is 0 Å². The predicted molar refractivity (Wildman–Crippen MR) is 128 cm³/mol. The maximum absolute atomic E-state index is 12.7. The van der Waals surface area contributed by atoms with Gasteiger partial charge < -0.3 is 19.7 Å². The second-order valence-corrected chi connectivity index (χ2v) is 9.38. The number of anilines is 1. The van der Waals surface area contributed by atoms with Crippen molar-refractivity contribution in [3.8, 4) is 10.9 Å². The van der Waals surface area contributed by atoms with Crippen molar-refractivity contribution in [2.75, 3.05) is 38.1 Å². The largest absolute Gasteiger partial charge is 0.494 e. The van der Waals surface area contributed by atoms with Crippen molar-refractivity contribution in [2.24, 2.45) is 0 Å². The third-order valence-electron chi connectivity index (χ3n) is 6.29. The highest BCUT2D eigenvalue weighted by Gasteiger charge is 2.30. The molecule has 8 heteroatoms. The summed E-state index contributed by atoms with van der Waals surface area (Å²) in [4.78, 5) is 21.4. The molecule has 2 fully saturated rings. The molecule has 0 radical (unpaired) electrons. The molecule has 2 aromatic rings. The minimum absolute atomic E-state index is 0.0151. The maximum Gasteiger partial charge on any atom is 0.321 e. The van der Waals surface area contributed by atoms with E-state index in [1.807, 2.05) is 34.5 Å². The Bertz CT molecular complexity index is 814. The van der Waals surface area contributed by atoms with Gasteiger partial charge in [0, 0.05) is 49.5 Å². The molecule has 0 atom stereocenters. The van der Waals surface area contributed by atoms with Gasteiger partial charge in [0.2, 0.25) is 0 Å². The third kappa shape index (κ3) is 6.36. The van der Waals surface area contributed by atoms with E-state index < -0.39 is 0 Å². The van der Waals surface area contributed by atoms with E-state index in [0.29, 0.717) is 6.04 Å². The number of carbonyl (C=O) groups excluding carboxylic acids is 1. The molecule has 2 aliphatic heterocycles. The van der Waals surface area contributed by atoms with E-state index in [2.05, 4.69) is 22.1 Å².